The van der Waals surface area contributed by atoms with E-state index in [4.69, 9.17) is 4.98 Å². The third-order valence-electron chi connectivity index (χ3n) is 4.53. The molecular weight excluding hydrogens is 330 g/mol. The van der Waals surface area contributed by atoms with Crippen LogP contribution in [0.3, 0.4) is 0 Å². The zero-order valence-electron chi connectivity index (χ0n) is 14.3. The highest BCUT2D eigenvalue weighted by Crippen LogP contribution is 2.31. The average Bonchev–Trinajstić information content (AvgIpc) is 3.24. The van der Waals surface area contributed by atoms with E-state index in [2.05, 4.69) is 35.3 Å². The van der Waals surface area contributed by atoms with Crippen LogP contribution in [0.15, 0.2) is 42.5 Å². The normalized spacial score (nSPS) is 14.9. The first-order chi connectivity index (χ1) is 12.2. The van der Waals surface area contributed by atoms with Gasteiger partial charge < -0.3 is 5.32 Å². The molecule has 1 amide bonds. The van der Waals surface area contributed by atoms with Crippen molar-refractivity contribution in [3.63, 3.8) is 0 Å². The molecule has 0 bridgehead atoms. The molecule has 25 heavy (non-hydrogen) atoms. The van der Waals surface area contributed by atoms with Crippen molar-refractivity contribution in [2.75, 3.05) is 25.0 Å². The van der Waals surface area contributed by atoms with Crippen LogP contribution in [0.5, 0.6) is 0 Å². The van der Waals surface area contributed by atoms with E-state index in [1.54, 1.807) is 11.3 Å². The maximum absolute atomic E-state index is 12.1. The Labute approximate surface area is 151 Å². The number of nitrogens with zero attached hydrogens (tertiary/aromatic N) is 2. The van der Waals surface area contributed by atoms with Gasteiger partial charge in [-0.05, 0) is 74.8 Å². The van der Waals surface area contributed by atoms with Gasteiger partial charge in [0.2, 0.25) is 5.91 Å². The van der Waals surface area contributed by atoms with E-state index in [1.807, 2.05) is 24.3 Å². The number of carbonyl (C=O) groups excluding carboxylic acids is 1. The summed E-state index contributed by atoms with van der Waals surface area (Å²) >= 11 is 1.70. The van der Waals surface area contributed by atoms with E-state index in [9.17, 15) is 4.79 Å². The summed E-state index contributed by atoms with van der Waals surface area (Å²) in [5, 5.41) is 3.99. The van der Waals surface area contributed by atoms with E-state index in [-0.39, 0.29) is 5.91 Å². The Morgan fingerprint density at radius 2 is 1.92 bits per heavy atom. The first-order valence-corrected chi connectivity index (χ1v) is 9.49. The Morgan fingerprint density at radius 1 is 1.16 bits per heavy atom. The van der Waals surface area contributed by atoms with Crippen LogP contribution in [0.2, 0.25) is 0 Å². The number of benzene rings is 2. The summed E-state index contributed by atoms with van der Waals surface area (Å²) in [7, 11) is 0. The van der Waals surface area contributed by atoms with E-state index >= 15 is 0 Å². The SMILES string of the molecule is Cc1ccc2nc(-c3ccc(NC(=O)CN4CCCC4)cc3)sc2c1. The van der Waals surface area contributed by atoms with Crippen molar-refractivity contribution in [3.05, 3.63) is 48.0 Å². The molecule has 0 atom stereocenters. The highest BCUT2D eigenvalue weighted by Gasteiger charge is 2.15. The number of likely N-dealkylation sites (tertiary alicyclic amines) is 1. The molecule has 2 aromatic carbocycles. The minimum atomic E-state index is 0.0603. The summed E-state index contributed by atoms with van der Waals surface area (Å²) in [6.45, 7) is 4.64. The van der Waals surface area contributed by atoms with Gasteiger partial charge in [0.05, 0.1) is 16.8 Å². The first kappa shape index (κ1) is 16.2. The number of hydrogen-bond donors (Lipinski definition) is 1. The van der Waals surface area contributed by atoms with Gasteiger partial charge in [0.15, 0.2) is 0 Å². The monoisotopic (exact) mass is 351 g/mol. The molecule has 1 aliphatic heterocycles. The van der Waals surface area contributed by atoms with Gasteiger partial charge >= 0.3 is 0 Å². The minimum Gasteiger partial charge on any atom is -0.325 e. The number of nitrogens with one attached hydrogen (secondary N) is 1. The van der Waals surface area contributed by atoms with Crippen molar-refractivity contribution in [2.45, 2.75) is 19.8 Å². The molecule has 0 unspecified atom stereocenters. The van der Waals surface area contributed by atoms with Crippen molar-refractivity contribution in [1.82, 2.24) is 9.88 Å². The molecule has 1 saturated heterocycles. The molecule has 0 aliphatic carbocycles. The number of rotatable bonds is 4. The zero-order valence-corrected chi connectivity index (χ0v) is 15.1. The maximum atomic E-state index is 12.1. The number of fused-ring (bicyclic) bond motifs is 1. The Balaban J connectivity index is 1.46. The number of aryl methyl sites for hydroxylation is 1. The molecule has 3 aromatic rings. The highest BCUT2D eigenvalue weighted by atomic mass is 32.1. The van der Waals surface area contributed by atoms with Gasteiger partial charge in [-0.3, -0.25) is 9.69 Å². The molecule has 2 heterocycles. The molecular formula is C20H21N3OS. The van der Waals surface area contributed by atoms with Crippen LogP contribution in [-0.4, -0.2) is 35.4 Å². The lowest BCUT2D eigenvalue weighted by Gasteiger charge is -2.14. The minimum absolute atomic E-state index is 0.0603. The Bertz CT molecular complexity index is 895. The van der Waals surface area contributed by atoms with Crippen molar-refractivity contribution >= 4 is 33.1 Å². The van der Waals surface area contributed by atoms with Crippen LogP contribution >= 0.6 is 11.3 Å². The lowest BCUT2D eigenvalue weighted by atomic mass is 10.2. The van der Waals surface area contributed by atoms with Gasteiger partial charge in [-0.15, -0.1) is 11.3 Å². The first-order valence-electron chi connectivity index (χ1n) is 8.67. The van der Waals surface area contributed by atoms with Crippen molar-refractivity contribution in [3.8, 4) is 10.6 Å². The van der Waals surface area contributed by atoms with Gasteiger partial charge in [-0.25, -0.2) is 4.98 Å². The summed E-state index contributed by atoms with van der Waals surface area (Å²) in [5.41, 5.74) is 4.20. The lowest BCUT2D eigenvalue weighted by molar-refractivity contribution is -0.117. The second-order valence-corrected chi connectivity index (χ2v) is 7.63. The van der Waals surface area contributed by atoms with Crippen LogP contribution in [0.1, 0.15) is 18.4 Å². The Hall–Kier alpha value is -2.24. The number of aromatic nitrogens is 1. The predicted octanol–water partition coefficient (Wildman–Crippen LogP) is 4.31. The predicted molar refractivity (Wildman–Crippen MR) is 104 cm³/mol. The van der Waals surface area contributed by atoms with E-state index in [0.717, 1.165) is 34.9 Å². The molecule has 128 valence electrons. The number of thiazole rings is 1. The van der Waals surface area contributed by atoms with Crippen molar-refractivity contribution in [1.29, 1.82) is 0 Å². The average molecular weight is 351 g/mol. The number of amides is 1. The van der Waals surface area contributed by atoms with Gasteiger partial charge in [-0.2, -0.15) is 0 Å². The van der Waals surface area contributed by atoms with Crippen LogP contribution in [0.25, 0.3) is 20.8 Å². The molecule has 1 fully saturated rings. The van der Waals surface area contributed by atoms with Gasteiger partial charge in [0.25, 0.3) is 0 Å². The second-order valence-electron chi connectivity index (χ2n) is 6.60. The number of anilines is 1. The fourth-order valence-electron chi connectivity index (χ4n) is 3.20. The van der Waals surface area contributed by atoms with Crippen LogP contribution < -0.4 is 5.32 Å². The largest absolute Gasteiger partial charge is 0.325 e. The number of hydrogen-bond acceptors (Lipinski definition) is 4. The Kier molecular flexibility index (Phi) is 4.51. The Morgan fingerprint density at radius 3 is 2.68 bits per heavy atom. The van der Waals surface area contributed by atoms with E-state index in [1.165, 1.54) is 23.1 Å². The van der Waals surface area contributed by atoms with Crippen LogP contribution in [-0.2, 0) is 4.79 Å². The summed E-state index contributed by atoms with van der Waals surface area (Å²) in [6, 6.07) is 14.3. The van der Waals surface area contributed by atoms with Gasteiger partial charge in [0, 0.05) is 11.3 Å². The molecule has 4 nitrogen and oxygen atoms in total. The fourth-order valence-corrected chi connectivity index (χ4v) is 4.27. The van der Waals surface area contributed by atoms with E-state index in [0.29, 0.717) is 6.54 Å². The number of carbonyl (C=O) groups is 1. The third-order valence-corrected chi connectivity index (χ3v) is 5.59. The fraction of sp³-hybridized carbons (Fsp3) is 0.300. The summed E-state index contributed by atoms with van der Waals surface area (Å²) in [5.74, 6) is 0.0603. The zero-order chi connectivity index (χ0) is 17.2. The molecule has 0 saturated carbocycles. The summed E-state index contributed by atoms with van der Waals surface area (Å²) in [6.07, 6.45) is 2.40. The lowest BCUT2D eigenvalue weighted by Crippen LogP contribution is -2.30. The third kappa shape index (κ3) is 3.72. The summed E-state index contributed by atoms with van der Waals surface area (Å²) < 4.78 is 1.21. The summed E-state index contributed by atoms with van der Waals surface area (Å²) in [4.78, 5) is 19.0. The van der Waals surface area contributed by atoms with Gasteiger partial charge in [-0.1, -0.05) is 6.07 Å². The van der Waals surface area contributed by atoms with E-state index < -0.39 is 0 Å². The molecule has 1 N–H and O–H groups in total. The smallest absolute Gasteiger partial charge is 0.238 e. The molecule has 4 rings (SSSR count). The molecule has 1 aromatic heterocycles. The standard InChI is InChI=1S/C20H21N3OS/c1-14-4-9-17-18(12-14)25-20(22-17)15-5-7-16(8-6-15)21-19(24)13-23-10-2-3-11-23/h4-9,12H,2-3,10-11,13H2,1H3,(H,21,24). The highest BCUT2D eigenvalue weighted by molar-refractivity contribution is 7.21. The molecule has 0 radical (unpaired) electrons. The van der Waals surface area contributed by atoms with Gasteiger partial charge in [0.1, 0.15) is 5.01 Å². The van der Waals surface area contributed by atoms with Crippen LogP contribution in [0.4, 0.5) is 5.69 Å². The molecule has 1 aliphatic rings. The second kappa shape index (κ2) is 6.94. The maximum Gasteiger partial charge on any atom is 0.238 e. The quantitative estimate of drug-likeness (QED) is 0.762. The van der Waals surface area contributed by atoms with Crippen molar-refractivity contribution in [2.24, 2.45) is 0 Å². The topological polar surface area (TPSA) is 45.2 Å². The van der Waals surface area contributed by atoms with Crippen LogP contribution in [0, 0.1) is 6.92 Å². The van der Waals surface area contributed by atoms with Crippen molar-refractivity contribution < 1.29 is 4.79 Å². The molecule has 0 spiro atoms. The molecule has 5 heteroatoms.